The molecule has 2 aromatic heterocycles. The monoisotopic (exact) mass is 307 g/mol. The zero-order chi connectivity index (χ0) is 15.6. The summed E-state index contributed by atoms with van der Waals surface area (Å²) in [6.45, 7) is 4.39. The lowest BCUT2D eigenvalue weighted by Gasteiger charge is -2.07. The molecule has 0 spiro atoms. The van der Waals surface area contributed by atoms with Gasteiger partial charge in [-0.15, -0.1) is 0 Å². The van der Waals surface area contributed by atoms with E-state index in [1.54, 1.807) is 38.0 Å². The highest BCUT2D eigenvalue weighted by Crippen LogP contribution is 2.23. The highest BCUT2D eigenvalue weighted by Gasteiger charge is 2.19. The Morgan fingerprint density at radius 2 is 2.14 bits per heavy atom. The second kappa shape index (κ2) is 6.04. The molecule has 0 saturated heterocycles. The van der Waals surface area contributed by atoms with Gasteiger partial charge in [0.05, 0.1) is 5.69 Å². The lowest BCUT2D eigenvalue weighted by atomic mass is 10.3. The Morgan fingerprint density at radius 3 is 2.71 bits per heavy atom. The van der Waals surface area contributed by atoms with Crippen LogP contribution < -0.4 is 5.32 Å². The number of hydrogen-bond donors (Lipinski definition) is 1. The zero-order valence-electron chi connectivity index (χ0n) is 12.4. The SMILES string of the molecule is CCn1ccc(C(=O)Nc2nc(C)c(C(=O)N(C)C)s2)n1. The Labute approximate surface area is 126 Å². The third-order valence-electron chi connectivity index (χ3n) is 2.81. The van der Waals surface area contributed by atoms with Gasteiger partial charge in [-0.1, -0.05) is 11.3 Å². The van der Waals surface area contributed by atoms with Crippen LogP contribution in [0.2, 0.25) is 0 Å². The van der Waals surface area contributed by atoms with Crippen molar-refractivity contribution in [3.05, 3.63) is 28.5 Å². The summed E-state index contributed by atoms with van der Waals surface area (Å²) in [5.74, 6) is -0.458. The van der Waals surface area contributed by atoms with Crippen LogP contribution in [0.15, 0.2) is 12.3 Å². The van der Waals surface area contributed by atoms with Crippen molar-refractivity contribution in [1.29, 1.82) is 0 Å². The molecular formula is C13H17N5O2S. The van der Waals surface area contributed by atoms with Crippen molar-refractivity contribution < 1.29 is 9.59 Å². The molecule has 0 fully saturated rings. The van der Waals surface area contributed by atoms with Crippen LogP contribution in [0, 0.1) is 6.92 Å². The van der Waals surface area contributed by atoms with Crippen LogP contribution in [0.4, 0.5) is 5.13 Å². The van der Waals surface area contributed by atoms with E-state index < -0.39 is 0 Å². The van der Waals surface area contributed by atoms with E-state index in [0.717, 1.165) is 11.3 Å². The van der Waals surface area contributed by atoms with Crippen molar-refractivity contribution in [2.45, 2.75) is 20.4 Å². The maximum atomic E-state index is 12.1. The molecule has 8 heteroatoms. The fraction of sp³-hybridized carbons (Fsp3) is 0.385. The van der Waals surface area contributed by atoms with Crippen LogP contribution in [0.1, 0.15) is 32.8 Å². The summed E-state index contributed by atoms with van der Waals surface area (Å²) in [4.78, 5) is 30.2. The molecule has 0 bridgehead atoms. The van der Waals surface area contributed by atoms with E-state index in [0.29, 0.717) is 27.9 Å². The van der Waals surface area contributed by atoms with Crippen LogP contribution in [0.3, 0.4) is 0 Å². The minimum absolute atomic E-state index is 0.124. The highest BCUT2D eigenvalue weighted by atomic mass is 32.1. The molecule has 0 aliphatic carbocycles. The summed E-state index contributed by atoms with van der Waals surface area (Å²) in [6.07, 6.45) is 1.74. The van der Waals surface area contributed by atoms with Crippen LogP contribution in [0.25, 0.3) is 0 Å². The van der Waals surface area contributed by atoms with E-state index in [2.05, 4.69) is 15.4 Å². The van der Waals surface area contributed by atoms with Gasteiger partial charge in [-0.3, -0.25) is 19.6 Å². The van der Waals surface area contributed by atoms with Crippen molar-refractivity contribution >= 4 is 28.3 Å². The fourth-order valence-corrected chi connectivity index (χ4v) is 2.65. The third kappa shape index (κ3) is 3.27. The molecule has 0 aliphatic heterocycles. The number of hydrogen-bond acceptors (Lipinski definition) is 5. The molecule has 2 rings (SSSR count). The minimum Gasteiger partial charge on any atom is -0.344 e. The number of nitrogens with one attached hydrogen (secondary N) is 1. The van der Waals surface area contributed by atoms with E-state index >= 15 is 0 Å². The summed E-state index contributed by atoms with van der Waals surface area (Å²) < 4.78 is 1.67. The van der Waals surface area contributed by atoms with Gasteiger partial charge in [0.1, 0.15) is 4.88 Å². The molecule has 0 atom stereocenters. The van der Waals surface area contributed by atoms with E-state index in [1.807, 2.05) is 6.92 Å². The van der Waals surface area contributed by atoms with E-state index in [4.69, 9.17) is 0 Å². The average molecular weight is 307 g/mol. The fourth-order valence-electron chi connectivity index (χ4n) is 1.67. The molecule has 2 heterocycles. The third-order valence-corrected chi connectivity index (χ3v) is 3.88. The van der Waals surface area contributed by atoms with Crippen LogP contribution in [-0.4, -0.2) is 45.6 Å². The Balaban J connectivity index is 2.15. The maximum Gasteiger partial charge on any atom is 0.277 e. The quantitative estimate of drug-likeness (QED) is 0.931. The summed E-state index contributed by atoms with van der Waals surface area (Å²) in [5, 5.41) is 7.19. The molecule has 0 saturated carbocycles. The van der Waals surface area contributed by atoms with Gasteiger partial charge in [0, 0.05) is 26.8 Å². The molecule has 0 aliphatic rings. The second-order valence-corrected chi connectivity index (χ2v) is 5.64. The first kappa shape index (κ1) is 15.2. The number of amides is 2. The summed E-state index contributed by atoms with van der Waals surface area (Å²) >= 11 is 1.16. The number of aryl methyl sites for hydroxylation is 2. The number of rotatable bonds is 4. The Kier molecular flexibility index (Phi) is 4.37. The van der Waals surface area contributed by atoms with Gasteiger partial charge in [0.15, 0.2) is 10.8 Å². The normalized spacial score (nSPS) is 10.5. The molecule has 112 valence electrons. The standard InChI is InChI=1S/C13H17N5O2S/c1-5-18-7-6-9(16-18)11(19)15-13-14-8(2)10(21-13)12(20)17(3)4/h6-7H,5H2,1-4H3,(H,14,15,19). The summed E-state index contributed by atoms with van der Waals surface area (Å²) in [7, 11) is 3.36. The largest absolute Gasteiger partial charge is 0.344 e. The highest BCUT2D eigenvalue weighted by molar-refractivity contribution is 7.17. The molecule has 7 nitrogen and oxygen atoms in total. The molecule has 2 aromatic rings. The smallest absolute Gasteiger partial charge is 0.277 e. The van der Waals surface area contributed by atoms with Crippen LogP contribution in [0.5, 0.6) is 0 Å². The average Bonchev–Trinajstić information content (AvgIpc) is 3.04. The number of carbonyl (C=O) groups is 2. The summed E-state index contributed by atoms with van der Waals surface area (Å²) in [5.41, 5.74) is 0.929. The molecular weight excluding hydrogens is 290 g/mol. The number of carbonyl (C=O) groups excluding carboxylic acids is 2. The van der Waals surface area contributed by atoms with Crippen LogP contribution in [-0.2, 0) is 6.54 Å². The number of aromatic nitrogens is 3. The van der Waals surface area contributed by atoms with Crippen molar-refractivity contribution in [2.75, 3.05) is 19.4 Å². The Morgan fingerprint density at radius 1 is 1.43 bits per heavy atom. The van der Waals surface area contributed by atoms with E-state index in [1.165, 1.54) is 4.90 Å². The Hall–Kier alpha value is -2.22. The second-order valence-electron chi connectivity index (χ2n) is 4.64. The predicted octanol–water partition coefficient (Wildman–Crippen LogP) is 1.62. The first-order valence-electron chi connectivity index (χ1n) is 6.46. The molecule has 0 radical (unpaired) electrons. The Bertz CT molecular complexity index is 674. The number of anilines is 1. The van der Waals surface area contributed by atoms with Gasteiger partial charge in [-0.2, -0.15) is 5.10 Å². The molecule has 21 heavy (non-hydrogen) atoms. The lowest BCUT2D eigenvalue weighted by Crippen LogP contribution is -2.21. The van der Waals surface area contributed by atoms with Crippen molar-refractivity contribution in [3.63, 3.8) is 0 Å². The number of nitrogens with zero attached hydrogens (tertiary/aromatic N) is 4. The lowest BCUT2D eigenvalue weighted by molar-refractivity contribution is 0.0831. The topological polar surface area (TPSA) is 80.1 Å². The first-order valence-corrected chi connectivity index (χ1v) is 7.28. The van der Waals surface area contributed by atoms with Crippen molar-refractivity contribution in [2.24, 2.45) is 0 Å². The molecule has 0 unspecified atom stereocenters. The van der Waals surface area contributed by atoms with Crippen LogP contribution >= 0.6 is 11.3 Å². The zero-order valence-corrected chi connectivity index (χ0v) is 13.2. The van der Waals surface area contributed by atoms with Gasteiger partial charge in [0.2, 0.25) is 0 Å². The summed E-state index contributed by atoms with van der Waals surface area (Å²) in [6, 6.07) is 1.64. The van der Waals surface area contributed by atoms with E-state index in [9.17, 15) is 9.59 Å². The van der Waals surface area contributed by atoms with Crippen molar-refractivity contribution in [3.8, 4) is 0 Å². The van der Waals surface area contributed by atoms with Gasteiger partial charge in [0.25, 0.3) is 11.8 Å². The van der Waals surface area contributed by atoms with Gasteiger partial charge in [-0.05, 0) is 19.9 Å². The molecule has 2 amide bonds. The van der Waals surface area contributed by atoms with Gasteiger partial charge < -0.3 is 4.90 Å². The maximum absolute atomic E-state index is 12.1. The predicted molar refractivity (Wildman–Crippen MR) is 80.7 cm³/mol. The number of thiazole rings is 1. The van der Waals surface area contributed by atoms with E-state index in [-0.39, 0.29) is 11.8 Å². The first-order chi connectivity index (χ1) is 9.92. The molecule has 0 aromatic carbocycles. The molecule has 1 N–H and O–H groups in total. The van der Waals surface area contributed by atoms with Gasteiger partial charge >= 0.3 is 0 Å². The van der Waals surface area contributed by atoms with Gasteiger partial charge in [-0.25, -0.2) is 4.98 Å². The van der Waals surface area contributed by atoms with Crippen molar-refractivity contribution in [1.82, 2.24) is 19.7 Å². The minimum atomic E-state index is -0.334.